The van der Waals surface area contributed by atoms with Crippen LogP contribution in [0.5, 0.6) is 0 Å². The molecule has 0 bridgehead atoms. The predicted octanol–water partition coefficient (Wildman–Crippen LogP) is 1.72. The van der Waals surface area contributed by atoms with Gasteiger partial charge in [-0.3, -0.25) is 4.98 Å². The highest BCUT2D eigenvalue weighted by Gasteiger charge is 1.99. The topological polar surface area (TPSA) is 39.2 Å². The van der Waals surface area contributed by atoms with Crippen molar-refractivity contribution in [3.8, 4) is 0 Å². The summed E-state index contributed by atoms with van der Waals surface area (Å²) in [6, 6.07) is 1.35. The van der Waals surface area contributed by atoms with Crippen molar-refractivity contribution < 1.29 is 13.9 Å². The Hall–Kier alpha value is -1.71. The van der Waals surface area contributed by atoms with E-state index in [1.54, 1.807) is 6.92 Å². The van der Waals surface area contributed by atoms with E-state index < -0.39 is 11.8 Å². The Bertz CT molecular complexity index is 374. The van der Waals surface area contributed by atoms with Gasteiger partial charge in [0.25, 0.3) is 0 Å². The third-order valence-corrected chi connectivity index (χ3v) is 1.66. The molecule has 4 heteroatoms. The van der Waals surface area contributed by atoms with E-state index in [4.69, 9.17) is 0 Å². The number of aryl methyl sites for hydroxylation is 1. The van der Waals surface area contributed by atoms with Gasteiger partial charge in [0.15, 0.2) is 0 Å². The number of hydrogen-bond donors (Lipinski definition) is 0. The Morgan fingerprint density at radius 1 is 1.64 bits per heavy atom. The molecule has 0 radical (unpaired) electrons. The molecule has 0 saturated heterocycles. The van der Waals surface area contributed by atoms with Gasteiger partial charge in [-0.15, -0.1) is 0 Å². The highest BCUT2D eigenvalue weighted by molar-refractivity contribution is 5.86. The van der Waals surface area contributed by atoms with Crippen molar-refractivity contribution in [2.75, 3.05) is 7.11 Å². The standard InChI is InChI=1S/C10H10FNO2/c1-7-5-8(11)6-12-9(7)3-4-10(13)14-2/h3-6H,1-2H3. The molecule has 0 aromatic carbocycles. The Balaban J connectivity index is 2.87. The van der Waals surface area contributed by atoms with Crippen LogP contribution in [0.25, 0.3) is 6.08 Å². The summed E-state index contributed by atoms with van der Waals surface area (Å²) in [5.41, 5.74) is 1.22. The van der Waals surface area contributed by atoms with Gasteiger partial charge in [0.2, 0.25) is 0 Å². The molecular weight excluding hydrogens is 185 g/mol. The summed E-state index contributed by atoms with van der Waals surface area (Å²) in [5, 5.41) is 0. The third-order valence-electron chi connectivity index (χ3n) is 1.66. The second-order valence-corrected chi connectivity index (χ2v) is 2.71. The summed E-state index contributed by atoms with van der Waals surface area (Å²) in [6.07, 6.45) is 3.83. The second kappa shape index (κ2) is 4.50. The van der Waals surface area contributed by atoms with Crippen molar-refractivity contribution in [3.05, 3.63) is 35.4 Å². The molecule has 0 saturated carbocycles. The van der Waals surface area contributed by atoms with Crippen LogP contribution in [0.1, 0.15) is 11.3 Å². The van der Waals surface area contributed by atoms with Gasteiger partial charge in [-0.25, -0.2) is 9.18 Å². The maximum Gasteiger partial charge on any atom is 0.330 e. The zero-order chi connectivity index (χ0) is 10.6. The molecule has 1 aromatic rings. The summed E-state index contributed by atoms with van der Waals surface area (Å²) in [5.74, 6) is -0.853. The quantitative estimate of drug-likeness (QED) is 0.532. The van der Waals surface area contributed by atoms with Crippen molar-refractivity contribution in [2.24, 2.45) is 0 Å². The van der Waals surface area contributed by atoms with Crippen molar-refractivity contribution in [3.63, 3.8) is 0 Å². The molecule has 0 amide bonds. The van der Waals surface area contributed by atoms with Crippen LogP contribution in [0.15, 0.2) is 18.3 Å². The second-order valence-electron chi connectivity index (χ2n) is 2.71. The molecule has 3 nitrogen and oxygen atoms in total. The van der Waals surface area contributed by atoms with Gasteiger partial charge < -0.3 is 4.74 Å². The fraction of sp³-hybridized carbons (Fsp3) is 0.200. The maximum atomic E-state index is 12.6. The van der Waals surface area contributed by atoms with E-state index in [0.717, 1.165) is 6.20 Å². The number of nitrogens with zero attached hydrogens (tertiary/aromatic N) is 1. The van der Waals surface area contributed by atoms with Crippen LogP contribution in [0, 0.1) is 12.7 Å². The number of rotatable bonds is 2. The molecule has 74 valence electrons. The molecule has 0 aliphatic heterocycles. The number of esters is 1. The minimum Gasteiger partial charge on any atom is -0.466 e. The van der Waals surface area contributed by atoms with Gasteiger partial charge in [0, 0.05) is 6.08 Å². The summed E-state index contributed by atoms with van der Waals surface area (Å²) >= 11 is 0. The van der Waals surface area contributed by atoms with E-state index in [1.807, 2.05) is 0 Å². The molecule has 0 aliphatic carbocycles. The summed E-state index contributed by atoms with van der Waals surface area (Å²) in [6.45, 7) is 1.72. The van der Waals surface area contributed by atoms with E-state index in [-0.39, 0.29) is 0 Å². The van der Waals surface area contributed by atoms with E-state index in [1.165, 1.54) is 25.3 Å². The molecule has 14 heavy (non-hydrogen) atoms. The smallest absolute Gasteiger partial charge is 0.330 e. The molecular formula is C10H10FNO2. The van der Waals surface area contributed by atoms with Gasteiger partial charge in [0.1, 0.15) is 5.82 Å². The number of carbonyl (C=O) groups is 1. The van der Waals surface area contributed by atoms with Crippen molar-refractivity contribution in [2.45, 2.75) is 6.92 Å². The molecule has 0 N–H and O–H groups in total. The molecule has 1 heterocycles. The average molecular weight is 195 g/mol. The Labute approximate surface area is 81.2 Å². The lowest BCUT2D eigenvalue weighted by Gasteiger charge is -1.98. The summed E-state index contributed by atoms with van der Waals surface area (Å²) in [4.78, 5) is 14.6. The normalized spacial score (nSPS) is 10.5. The molecule has 1 aromatic heterocycles. The minimum atomic E-state index is -0.462. The monoisotopic (exact) mass is 195 g/mol. The number of halogens is 1. The van der Waals surface area contributed by atoms with Crippen molar-refractivity contribution in [1.29, 1.82) is 0 Å². The highest BCUT2D eigenvalue weighted by atomic mass is 19.1. The number of carbonyl (C=O) groups excluding carboxylic acids is 1. The van der Waals surface area contributed by atoms with E-state index in [0.29, 0.717) is 11.3 Å². The van der Waals surface area contributed by atoms with Gasteiger partial charge in [-0.2, -0.15) is 0 Å². The maximum absolute atomic E-state index is 12.6. The lowest BCUT2D eigenvalue weighted by Crippen LogP contribution is -1.95. The minimum absolute atomic E-state index is 0.391. The van der Waals surface area contributed by atoms with Crippen molar-refractivity contribution >= 4 is 12.0 Å². The first kappa shape index (κ1) is 10.4. The number of pyridine rings is 1. The number of ether oxygens (including phenoxy) is 1. The first-order valence-electron chi connectivity index (χ1n) is 4.01. The predicted molar refractivity (Wildman–Crippen MR) is 50.0 cm³/mol. The largest absolute Gasteiger partial charge is 0.466 e. The van der Waals surface area contributed by atoms with Crippen LogP contribution < -0.4 is 0 Å². The first-order valence-corrected chi connectivity index (χ1v) is 4.01. The SMILES string of the molecule is COC(=O)C=Cc1ncc(F)cc1C. The van der Waals surface area contributed by atoms with Crippen LogP contribution in [0.3, 0.4) is 0 Å². The van der Waals surface area contributed by atoms with Crippen LogP contribution in [-0.2, 0) is 9.53 Å². The average Bonchev–Trinajstić information content (AvgIpc) is 2.16. The van der Waals surface area contributed by atoms with E-state index in [2.05, 4.69) is 9.72 Å². The van der Waals surface area contributed by atoms with Crippen LogP contribution in [-0.4, -0.2) is 18.1 Å². The Morgan fingerprint density at radius 3 is 2.93 bits per heavy atom. The van der Waals surface area contributed by atoms with Crippen LogP contribution in [0.4, 0.5) is 4.39 Å². The molecule has 0 spiro atoms. The third kappa shape index (κ3) is 2.65. The van der Waals surface area contributed by atoms with E-state index >= 15 is 0 Å². The highest BCUT2D eigenvalue weighted by Crippen LogP contribution is 2.08. The number of hydrogen-bond acceptors (Lipinski definition) is 3. The fourth-order valence-corrected chi connectivity index (χ4v) is 0.941. The molecule has 0 aliphatic rings. The van der Waals surface area contributed by atoms with Gasteiger partial charge in [0.05, 0.1) is 19.0 Å². The summed E-state index contributed by atoms with van der Waals surface area (Å²) in [7, 11) is 1.29. The zero-order valence-electron chi connectivity index (χ0n) is 7.95. The summed E-state index contributed by atoms with van der Waals surface area (Å²) < 4.78 is 17.0. The lowest BCUT2D eigenvalue weighted by atomic mass is 10.2. The molecule has 0 fully saturated rings. The lowest BCUT2D eigenvalue weighted by molar-refractivity contribution is -0.134. The number of aromatic nitrogens is 1. The molecule has 1 rings (SSSR count). The molecule has 0 atom stereocenters. The Morgan fingerprint density at radius 2 is 2.36 bits per heavy atom. The van der Waals surface area contributed by atoms with Gasteiger partial charge in [-0.1, -0.05) is 0 Å². The zero-order valence-corrected chi connectivity index (χ0v) is 7.95. The Kier molecular flexibility index (Phi) is 3.34. The van der Waals surface area contributed by atoms with Gasteiger partial charge >= 0.3 is 5.97 Å². The first-order chi connectivity index (χ1) is 6.63. The van der Waals surface area contributed by atoms with Crippen LogP contribution >= 0.6 is 0 Å². The fourth-order valence-electron chi connectivity index (χ4n) is 0.941. The van der Waals surface area contributed by atoms with Crippen LogP contribution in [0.2, 0.25) is 0 Å². The van der Waals surface area contributed by atoms with E-state index in [9.17, 15) is 9.18 Å². The van der Waals surface area contributed by atoms with Gasteiger partial charge in [-0.05, 0) is 24.6 Å². The molecule has 0 unspecified atom stereocenters. The number of methoxy groups -OCH3 is 1. The van der Waals surface area contributed by atoms with Crippen molar-refractivity contribution in [1.82, 2.24) is 4.98 Å².